The predicted molar refractivity (Wildman–Crippen MR) is 74.3 cm³/mol. The van der Waals surface area contributed by atoms with Gasteiger partial charge in [0.2, 0.25) is 0 Å². The van der Waals surface area contributed by atoms with Crippen molar-refractivity contribution in [2.24, 2.45) is 0 Å². The summed E-state index contributed by atoms with van der Waals surface area (Å²) in [6.07, 6.45) is -2.50. The van der Waals surface area contributed by atoms with E-state index in [1.165, 1.54) is 12.1 Å². The fraction of sp³-hybridized carbons (Fsp3) is 0.571. The molecular formula is C14H19ClF3NO. The zero-order valence-electron chi connectivity index (χ0n) is 11.6. The summed E-state index contributed by atoms with van der Waals surface area (Å²) < 4.78 is 44.4. The lowest BCUT2D eigenvalue weighted by molar-refractivity contribution is -0.139. The minimum absolute atomic E-state index is 0.0481. The molecule has 1 rings (SSSR count). The Morgan fingerprint density at radius 2 is 2.00 bits per heavy atom. The summed E-state index contributed by atoms with van der Waals surface area (Å²) in [6, 6.07) is 3.60. The van der Waals surface area contributed by atoms with Crippen molar-refractivity contribution >= 4 is 11.6 Å². The first-order valence-electron chi connectivity index (χ1n) is 6.56. The highest BCUT2D eigenvalue weighted by Gasteiger charge is 2.35. The van der Waals surface area contributed by atoms with E-state index < -0.39 is 11.7 Å². The highest BCUT2D eigenvalue weighted by molar-refractivity contribution is 6.30. The van der Waals surface area contributed by atoms with E-state index in [4.69, 9.17) is 16.3 Å². The summed E-state index contributed by atoms with van der Waals surface area (Å²) in [5.41, 5.74) is -0.824. The zero-order chi connectivity index (χ0) is 15.2. The molecule has 20 heavy (non-hydrogen) atoms. The van der Waals surface area contributed by atoms with Crippen molar-refractivity contribution in [3.05, 3.63) is 28.8 Å². The van der Waals surface area contributed by atoms with Gasteiger partial charge in [0, 0.05) is 5.02 Å². The average molecular weight is 310 g/mol. The molecule has 0 fully saturated rings. The highest BCUT2D eigenvalue weighted by atomic mass is 35.5. The van der Waals surface area contributed by atoms with Crippen LogP contribution in [0.15, 0.2) is 18.2 Å². The van der Waals surface area contributed by atoms with Crippen LogP contribution in [0.1, 0.15) is 31.7 Å². The lowest BCUT2D eigenvalue weighted by Gasteiger charge is -2.21. The third-order valence-corrected chi connectivity index (χ3v) is 3.10. The molecule has 0 heterocycles. The molecule has 0 amide bonds. The van der Waals surface area contributed by atoms with Crippen molar-refractivity contribution in [1.29, 1.82) is 0 Å². The molecule has 1 N–H and O–H groups in total. The van der Waals surface area contributed by atoms with E-state index in [0.29, 0.717) is 19.4 Å². The molecule has 0 spiro atoms. The lowest BCUT2D eigenvalue weighted by Crippen LogP contribution is -2.23. The van der Waals surface area contributed by atoms with Gasteiger partial charge in [0.15, 0.2) is 0 Å². The van der Waals surface area contributed by atoms with E-state index in [1.807, 2.05) is 6.92 Å². The minimum atomic E-state index is -4.47. The number of ether oxygens (including phenoxy) is 1. The van der Waals surface area contributed by atoms with E-state index in [0.717, 1.165) is 12.5 Å². The third kappa shape index (κ3) is 5.21. The smallest absolute Gasteiger partial charge is 0.420 e. The summed E-state index contributed by atoms with van der Waals surface area (Å²) >= 11 is 5.64. The first kappa shape index (κ1) is 17.1. The van der Waals surface area contributed by atoms with Gasteiger partial charge in [-0.2, -0.15) is 13.2 Å². The number of rotatable bonds is 7. The van der Waals surface area contributed by atoms with Crippen LogP contribution in [0.25, 0.3) is 0 Å². The molecule has 6 heteroatoms. The molecule has 1 atom stereocenters. The van der Waals surface area contributed by atoms with Gasteiger partial charge in [-0.1, -0.05) is 24.9 Å². The van der Waals surface area contributed by atoms with Crippen molar-refractivity contribution in [3.63, 3.8) is 0 Å². The zero-order valence-corrected chi connectivity index (χ0v) is 12.3. The van der Waals surface area contributed by atoms with Gasteiger partial charge >= 0.3 is 6.18 Å². The molecule has 0 saturated heterocycles. The molecular weight excluding hydrogens is 291 g/mol. The van der Waals surface area contributed by atoms with Crippen LogP contribution in [0.5, 0.6) is 5.75 Å². The van der Waals surface area contributed by atoms with Gasteiger partial charge in [0.25, 0.3) is 0 Å². The first-order valence-corrected chi connectivity index (χ1v) is 6.94. The number of hydrogen-bond donors (Lipinski definition) is 1. The van der Waals surface area contributed by atoms with Crippen LogP contribution in [0, 0.1) is 0 Å². The van der Waals surface area contributed by atoms with Crippen LogP contribution < -0.4 is 10.1 Å². The molecule has 0 aliphatic heterocycles. The van der Waals surface area contributed by atoms with Gasteiger partial charge in [0.1, 0.15) is 5.75 Å². The predicted octanol–water partition coefficient (Wildman–Crippen LogP) is 4.52. The number of nitrogens with one attached hydrogen (secondary N) is 1. The largest absolute Gasteiger partial charge is 0.490 e. The number of hydrogen-bond acceptors (Lipinski definition) is 2. The summed E-state index contributed by atoms with van der Waals surface area (Å²) in [7, 11) is 1.80. The molecule has 0 saturated carbocycles. The van der Waals surface area contributed by atoms with Crippen LogP contribution in [-0.4, -0.2) is 19.7 Å². The van der Waals surface area contributed by atoms with Crippen molar-refractivity contribution in [3.8, 4) is 5.75 Å². The van der Waals surface area contributed by atoms with Gasteiger partial charge in [-0.3, -0.25) is 0 Å². The van der Waals surface area contributed by atoms with E-state index in [2.05, 4.69) is 5.32 Å². The second-order valence-corrected chi connectivity index (χ2v) is 5.00. The Morgan fingerprint density at radius 3 is 2.55 bits per heavy atom. The Kier molecular flexibility index (Phi) is 6.62. The highest BCUT2D eigenvalue weighted by Crippen LogP contribution is 2.38. The van der Waals surface area contributed by atoms with Crippen LogP contribution in [0.4, 0.5) is 13.2 Å². The Labute approximate surface area is 122 Å². The van der Waals surface area contributed by atoms with Crippen molar-refractivity contribution in [2.45, 2.75) is 38.5 Å². The quantitative estimate of drug-likeness (QED) is 0.800. The molecule has 1 aromatic rings. The maximum Gasteiger partial charge on any atom is 0.420 e. The second-order valence-electron chi connectivity index (χ2n) is 4.56. The van der Waals surface area contributed by atoms with E-state index in [1.54, 1.807) is 7.05 Å². The lowest BCUT2D eigenvalue weighted by atomic mass is 10.1. The minimum Gasteiger partial charge on any atom is -0.490 e. The van der Waals surface area contributed by atoms with Crippen molar-refractivity contribution in [1.82, 2.24) is 5.32 Å². The molecule has 0 unspecified atom stereocenters. The Balaban J connectivity index is 2.93. The van der Waals surface area contributed by atoms with Crippen LogP contribution >= 0.6 is 11.6 Å². The molecule has 0 radical (unpaired) electrons. The molecule has 0 aliphatic rings. The number of benzene rings is 1. The van der Waals surface area contributed by atoms with E-state index in [9.17, 15) is 13.2 Å². The Hall–Kier alpha value is -0.940. The van der Waals surface area contributed by atoms with E-state index >= 15 is 0 Å². The Bertz CT molecular complexity index is 423. The normalized spacial score (nSPS) is 13.3. The van der Waals surface area contributed by atoms with Crippen molar-refractivity contribution < 1.29 is 17.9 Å². The van der Waals surface area contributed by atoms with Crippen LogP contribution in [0.2, 0.25) is 5.02 Å². The van der Waals surface area contributed by atoms with Gasteiger partial charge < -0.3 is 10.1 Å². The molecule has 114 valence electrons. The number of alkyl halides is 3. The van der Waals surface area contributed by atoms with E-state index in [-0.39, 0.29) is 16.9 Å². The van der Waals surface area contributed by atoms with Gasteiger partial charge in [-0.05, 0) is 44.6 Å². The second kappa shape index (κ2) is 7.74. The molecule has 0 aromatic heterocycles. The van der Waals surface area contributed by atoms with Gasteiger partial charge in [0.05, 0.1) is 11.7 Å². The van der Waals surface area contributed by atoms with Gasteiger partial charge in [-0.25, -0.2) is 0 Å². The summed E-state index contributed by atoms with van der Waals surface area (Å²) in [6.45, 7) is 2.67. The third-order valence-electron chi connectivity index (χ3n) is 2.87. The number of halogens is 4. The van der Waals surface area contributed by atoms with Crippen LogP contribution in [0.3, 0.4) is 0 Å². The molecule has 0 bridgehead atoms. The monoisotopic (exact) mass is 309 g/mol. The summed E-state index contributed by atoms with van der Waals surface area (Å²) in [4.78, 5) is 0. The van der Waals surface area contributed by atoms with Crippen molar-refractivity contribution in [2.75, 3.05) is 13.6 Å². The molecule has 2 nitrogen and oxygen atoms in total. The SMILES string of the molecule is CCC[C@@H](CCNC)Oc1ccc(Cl)cc1C(F)(F)F. The topological polar surface area (TPSA) is 21.3 Å². The fourth-order valence-electron chi connectivity index (χ4n) is 1.90. The summed E-state index contributed by atoms with van der Waals surface area (Å²) in [5, 5.41) is 3.02. The maximum absolute atomic E-state index is 13.0. The maximum atomic E-state index is 13.0. The fourth-order valence-corrected chi connectivity index (χ4v) is 2.07. The standard InChI is InChI=1S/C14H19ClF3NO/c1-3-4-11(7-8-19-2)20-13-6-5-10(15)9-12(13)14(16,17)18/h5-6,9,11,19H,3-4,7-8H2,1-2H3/t11-/m0/s1. The average Bonchev–Trinajstić information content (AvgIpc) is 2.37. The Morgan fingerprint density at radius 1 is 1.30 bits per heavy atom. The summed E-state index contributed by atoms with van der Waals surface area (Å²) in [5.74, 6) is -0.156. The molecule has 1 aromatic carbocycles. The first-order chi connectivity index (χ1) is 9.38. The molecule has 0 aliphatic carbocycles. The van der Waals surface area contributed by atoms with Gasteiger partial charge in [-0.15, -0.1) is 0 Å². The van der Waals surface area contributed by atoms with Crippen LogP contribution in [-0.2, 0) is 6.18 Å².